The van der Waals surface area contributed by atoms with Crippen LogP contribution < -0.4 is 9.47 Å². The van der Waals surface area contributed by atoms with Gasteiger partial charge in [0.15, 0.2) is 0 Å². The maximum Gasteiger partial charge on any atom is 0.122 e. The zero-order chi connectivity index (χ0) is 19.3. The summed E-state index contributed by atoms with van der Waals surface area (Å²) >= 11 is 0. The molecule has 3 rings (SSSR count). The van der Waals surface area contributed by atoms with E-state index < -0.39 is 13.1 Å². The molecule has 4 heteroatoms. The van der Waals surface area contributed by atoms with Gasteiger partial charge in [-0.05, 0) is 23.3 Å². The Balaban J connectivity index is 1.87. The van der Waals surface area contributed by atoms with Crippen LogP contribution in [0, 0.1) is 0 Å². The summed E-state index contributed by atoms with van der Waals surface area (Å²) in [7, 11) is 0. The Morgan fingerprint density at radius 2 is 1.13 bits per heavy atom. The van der Waals surface area contributed by atoms with Gasteiger partial charge in [0.05, 0.1) is 31.8 Å². The lowest BCUT2D eigenvalue weighted by Gasteiger charge is -2.14. The van der Waals surface area contributed by atoms with Crippen LogP contribution in [-0.4, -0.2) is 39.5 Å². The van der Waals surface area contributed by atoms with E-state index in [9.17, 15) is 0 Å². The fraction of sp³-hybridized carbons (Fsp3) is 0.368. The smallest absolute Gasteiger partial charge is 0.122 e. The molecule has 1 heterocycles. The van der Waals surface area contributed by atoms with E-state index in [-0.39, 0.29) is 26.4 Å². The van der Waals surface area contributed by atoms with Crippen LogP contribution in [-0.2, 0) is 15.9 Å². The number of ether oxygens (including phenoxy) is 4. The highest BCUT2D eigenvalue weighted by atomic mass is 16.6. The first-order valence-corrected chi connectivity index (χ1v) is 7.58. The second-order valence-corrected chi connectivity index (χ2v) is 4.99. The molecule has 4 nitrogen and oxygen atoms in total. The van der Waals surface area contributed by atoms with Crippen molar-refractivity contribution >= 4 is 0 Å². The molecule has 0 saturated carbocycles. The van der Waals surface area contributed by atoms with Crippen LogP contribution in [0.25, 0.3) is 0 Å². The molecule has 0 saturated heterocycles. The Labute approximate surface area is 142 Å². The summed E-state index contributed by atoms with van der Waals surface area (Å²) in [5.74, 6) is 1.34. The molecule has 0 fully saturated rings. The molecule has 0 aliphatic carbocycles. The topological polar surface area (TPSA) is 36.9 Å². The number of hydrogen-bond acceptors (Lipinski definition) is 4. The van der Waals surface area contributed by atoms with E-state index in [0.717, 1.165) is 11.1 Å². The Kier molecular flexibility index (Phi) is 4.27. The first-order valence-electron chi connectivity index (χ1n) is 9.58. The quantitative estimate of drug-likeness (QED) is 0.748. The number of fused-ring (bicyclic) bond motifs is 2. The zero-order valence-electron chi connectivity index (χ0n) is 16.8. The summed E-state index contributed by atoms with van der Waals surface area (Å²) in [6, 6.07) is 15.2. The highest BCUT2D eigenvalue weighted by molar-refractivity contribution is 5.42. The third-order valence-electron chi connectivity index (χ3n) is 3.40. The average molecular weight is 318 g/mol. The highest BCUT2D eigenvalue weighted by Gasteiger charge is 2.09. The lowest BCUT2D eigenvalue weighted by molar-refractivity contribution is 0.0274. The van der Waals surface area contributed by atoms with Crippen molar-refractivity contribution in [1.29, 1.82) is 0 Å². The summed E-state index contributed by atoms with van der Waals surface area (Å²) in [6.45, 7) is -5.29. The molecule has 122 valence electrons. The highest BCUT2D eigenvalue weighted by Crippen LogP contribution is 2.26. The van der Waals surface area contributed by atoms with Gasteiger partial charge in [-0.3, -0.25) is 0 Å². The molecule has 0 atom stereocenters. The van der Waals surface area contributed by atoms with Gasteiger partial charge in [0.1, 0.15) is 24.7 Å². The van der Waals surface area contributed by atoms with E-state index in [1.165, 1.54) is 0 Å². The molecule has 0 spiro atoms. The minimum absolute atomic E-state index is 0.0880. The maximum atomic E-state index is 7.81. The predicted molar refractivity (Wildman–Crippen MR) is 88.3 cm³/mol. The van der Waals surface area contributed by atoms with E-state index in [0.29, 0.717) is 17.9 Å². The number of rotatable bonds is 0. The van der Waals surface area contributed by atoms with Gasteiger partial charge in [-0.15, -0.1) is 0 Å². The van der Waals surface area contributed by atoms with Crippen LogP contribution in [0.1, 0.15) is 16.6 Å². The lowest BCUT2D eigenvalue weighted by atomic mass is 10.0. The van der Waals surface area contributed by atoms with Gasteiger partial charge in [-0.2, -0.15) is 0 Å². The van der Waals surface area contributed by atoms with Crippen molar-refractivity contribution in [2.75, 3.05) is 39.5 Å². The Bertz CT molecular complexity index is 703. The van der Waals surface area contributed by atoms with Crippen molar-refractivity contribution in [3.8, 4) is 11.5 Å². The average Bonchev–Trinajstić information content (AvgIpc) is 2.64. The van der Waals surface area contributed by atoms with Gasteiger partial charge >= 0.3 is 0 Å². The van der Waals surface area contributed by atoms with Crippen LogP contribution in [0.15, 0.2) is 48.5 Å². The molecule has 0 bridgehead atoms. The first kappa shape index (κ1) is 11.5. The van der Waals surface area contributed by atoms with Crippen molar-refractivity contribution in [3.63, 3.8) is 0 Å². The summed E-state index contributed by atoms with van der Waals surface area (Å²) in [6.07, 6.45) is 0.607. The van der Waals surface area contributed by atoms with E-state index in [2.05, 4.69) is 0 Å². The van der Waals surface area contributed by atoms with Crippen molar-refractivity contribution < 1.29 is 24.4 Å². The molecule has 23 heavy (non-hydrogen) atoms. The molecule has 0 unspecified atom stereocenters. The SMILES string of the molecule is [2H]C1([2H])OCCOc2ccccc2Cc2ccccc2OCCOC1([2H])[2H]. The van der Waals surface area contributed by atoms with Crippen molar-refractivity contribution in [2.24, 2.45) is 0 Å². The fourth-order valence-corrected chi connectivity index (χ4v) is 2.33. The third kappa shape index (κ3) is 4.71. The molecule has 1 aliphatic rings. The van der Waals surface area contributed by atoms with E-state index in [1.807, 2.05) is 48.5 Å². The Morgan fingerprint density at radius 3 is 1.65 bits per heavy atom. The van der Waals surface area contributed by atoms with Crippen LogP contribution in [0.5, 0.6) is 11.5 Å². The molecule has 0 aromatic heterocycles. The number of para-hydroxylation sites is 2. The van der Waals surface area contributed by atoms with Crippen molar-refractivity contribution in [3.05, 3.63) is 59.7 Å². The summed E-state index contributed by atoms with van der Waals surface area (Å²) in [5.41, 5.74) is 1.94. The van der Waals surface area contributed by atoms with Gasteiger partial charge in [0.25, 0.3) is 0 Å². The molecule has 0 radical (unpaired) electrons. The van der Waals surface area contributed by atoms with E-state index in [1.54, 1.807) is 0 Å². The Hall–Kier alpha value is -2.04. The van der Waals surface area contributed by atoms with Gasteiger partial charge in [-0.1, -0.05) is 36.4 Å². The van der Waals surface area contributed by atoms with Gasteiger partial charge in [-0.25, -0.2) is 0 Å². The summed E-state index contributed by atoms with van der Waals surface area (Å²) in [5, 5.41) is 0. The fourth-order valence-electron chi connectivity index (χ4n) is 2.33. The van der Waals surface area contributed by atoms with Gasteiger partial charge in [0, 0.05) is 6.42 Å². The summed E-state index contributed by atoms with van der Waals surface area (Å²) in [4.78, 5) is 0. The molecule has 1 aliphatic heterocycles. The molecular weight excluding hydrogens is 292 g/mol. The largest absolute Gasteiger partial charge is 0.491 e. The van der Waals surface area contributed by atoms with Crippen molar-refractivity contribution in [2.45, 2.75) is 6.42 Å². The molecule has 0 N–H and O–H groups in total. The second-order valence-electron chi connectivity index (χ2n) is 4.99. The molecule has 2 aromatic rings. The maximum absolute atomic E-state index is 7.81. The van der Waals surface area contributed by atoms with Gasteiger partial charge < -0.3 is 18.9 Å². The van der Waals surface area contributed by atoms with Crippen LogP contribution in [0.4, 0.5) is 0 Å². The Morgan fingerprint density at radius 1 is 0.652 bits per heavy atom. The first-order chi connectivity index (χ1) is 12.9. The second kappa shape index (κ2) is 8.56. The number of benzene rings is 2. The van der Waals surface area contributed by atoms with Gasteiger partial charge in [0.2, 0.25) is 0 Å². The standard InChI is InChI=1S/C19H22O4/c1-3-7-18-16(5-1)15-17-6-2-4-8-19(17)23-14-12-21-10-9-20-11-13-22-18/h1-8H,9-15H2/i9D2,10D2. The normalized spacial score (nSPS) is 23.7. The predicted octanol–water partition coefficient (Wildman–Crippen LogP) is 3.08. The molecule has 2 aromatic carbocycles. The summed E-state index contributed by atoms with van der Waals surface area (Å²) < 4.78 is 52.9. The van der Waals surface area contributed by atoms with E-state index >= 15 is 0 Å². The van der Waals surface area contributed by atoms with Crippen LogP contribution >= 0.6 is 0 Å². The molecular formula is C19H22O4. The molecule has 0 amide bonds. The lowest BCUT2D eigenvalue weighted by Crippen LogP contribution is -2.13. The monoisotopic (exact) mass is 318 g/mol. The minimum atomic E-state index is -2.62. The zero-order valence-corrected chi connectivity index (χ0v) is 12.8. The third-order valence-corrected chi connectivity index (χ3v) is 3.40. The van der Waals surface area contributed by atoms with Crippen LogP contribution in [0.2, 0.25) is 0 Å². The number of hydrogen-bond donors (Lipinski definition) is 0. The van der Waals surface area contributed by atoms with E-state index in [4.69, 9.17) is 24.4 Å². The minimum Gasteiger partial charge on any atom is -0.491 e. The van der Waals surface area contributed by atoms with Crippen LogP contribution in [0.3, 0.4) is 0 Å². The van der Waals surface area contributed by atoms with Crippen molar-refractivity contribution in [1.82, 2.24) is 0 Å².